The Morgan fingerprint density at radius 2 is 2.06 bits per heavy atom. The molecule has 0 fully saturated rings. The van der Waals surface area contributed by atoms with E-state index in [1.807, 2.05) is 19.9 Å². The summed E-state index contributed by atoms with van der Waals surface area (Å²) in [6, 6.07) is 0. The number of esters is 1. The summed E-state index contributed by atoms with van der Waals surface area (Å²) in [4.78, 5) is 23.3. The maximum Gasteiger partial charge on any atom is 0.339 e. The smallest absolute Gasteiger partial charge is 0.339 e. The second-order valence-electron chi connectivity index (χ2n) is 5.80. The SMILES string of the molecule is CC1=CC(=O)CC2(C)C=C3OC(=O)C(C)=C3CC12. The number of rotatable bonds is 0. The van der Waals surface area contributed by atoms with Gasteiger partial charge >= 0.3 is 5.97 Å². The molecular weight excluding hydrogens is 228 g/mol. The summed E-state index contributed by atoms with van der Waals surface area (Å²) in [6.07, 6.45) is 5.04. The van der Waals surface area contributed by atoms with Gasteiger partial charge in [0.05, 0.1) is 0 Å². The van der Waals surface area contributed by atoms with Crippen molar-refractivity contribution in [1.82, 2.24) is 0 Å². The molecule has 0 N–H and O–H groups in total. The summed E-state index contributed by atoms with van der Waals surface area (Å²) in [5.41, 5.74) is 2.64. The van der Waals surface area contributed by atoms with Crippen LogP contribution in [0.25, 0.3) is 0 Å². The van der Waals surface area contributed by atoms with Gasteiger partial charge in [0, 0.05) is 23.0 Å². The van der Waals surface area contributed by atoms with Crippen LogP contribution in [0.3, 0.4) is 0 Å². The molecular formula is C15H16O3. The molecule has 3 aliphatic rings. The van der Waals surface area contributed by atoms with Gasteiger partial charge in [-0.1, -0.05) is 12.5 Å². The summed E-state index contributed by atoms with van der Waals surface area (Å²) >= 11 is 0. The van der Waals surface area contributed by atoms with Crippen LogP contribution in [0.5, 0.6) is 0 Å². The van der Waals surface area contributed by atoms with Gasteiger partial charge in [-0.05, 0) is 38.3 Å². The first-order valence-electron chi connectivity index (χ1n) is 6.27. The van der Waals surface area contributed by atoms with Crippen LogP contribution in [0.1, 0.15) is 33.6 Å². The molecule has 1 heterocycles. The molecule has 0 amide bonds. The van der Waals surface area contributed by atoms with E-state index in [-0.39, 0.29) is 17.2 Å². The van der Waals surface area contributed by atoms with Gasteiger partial charge in [-0.2, -0.15) is 0 Å². The monoisotopic (exact) mass is 244 g/mol. The summed E-state index contributed by atoms with van der Waals surface area (Å²) in [7, 11) is 0. The summed E-state index contributed by atoms with van der Waals surface area (Å²) < 4.78 is 5.28. The lowest BCUT2D eigenvalue weighted by atomic mass is 9.62. The number of carbonyl (C=O) groups is 2. The summed E-state index contributed by atoms with van der Waals surface area (Å²) in [5.74, 6) is 0.903. The van der Waals surface area contributed by atoms with Crippen molar-refractivity contribution in [3.05, 3.63) is 34.6 Å². The van der Waals surface area contributed by atoms with E-state index in [0.29, 0.717) is 23.7 Å². The standard InChI is InChI=1S/C15H16O3/c1-8-4-10(16)6-15(3)7-13-11(5-12(8)15)9(2)14(17)18-13/h4,7,12H,5-6H2,1-3H3. The van der Waals surface area contributed by atoms with Crippen molar-refractivity contribution >= 4 is 11.8 Å². The largest absolute Gasteiger partial charge is 0.423 e. The first kappa shape index (κ1) is 11.5. The fourth-order valence-electron chi connectivity index (χ4n) is 3.39. The van der Waals surface area contributed by atoms with Gasteiger partial charge in [0.25, 0.3) is 0 Å². The molecule has 0 radical (unpaired) electrons. The molecule has 0 aromatic heterocycles. The fourth-order valence-corrected chi connectivity index (χ4v) is 3.39. The molecule has 1 aliphatic heterocycles. The van der Waals surface area contributed by atoms with Gasteiger partial charge in [-0.15, -0.1) is 0 Å². The molecule has 0 spiro atoms. The first-order chi connectivity index (χ1) is 8.40. The second-order valence-corrected chi connectivity index (χ2v) is 5.80. The molecule has 94 valence electrons. The van der Waals surface area contributed by atoms with Crippen LogP contribution in [0, 0.1) is 11.3 Å². The summed E-state index contributed by atoms with van der Waals surface area (Å²) in [6.45, 7) is 5.90. The zero-order chi connectivity index (χ0) is 13.1. The number of carbonyl (C=O) groups excluding carboxylic acids is 2. The maximum absolute atomic E-state index is 11.7. The van der Waals surface area contributed by atoms with E-state index >= 15 is 0 Å². The minimum Gasteiger partial charge on any atom is -0.423 e. The molecule has 0 bridgehead atoms. The third-order valence-electron chi connectivity index (χ3n) is 4.42. The molecule has 3 nitrogen and oxygen atoms in total. The van der Waals surface area contributed by atoms with E-state index in [9.17, 15) is 9.59 Å². The molecule has 0 saturated carbocycles. The average molecular weight is 244 g/mol. The molecule has 2 unspecified atom stereocenters. The van der Waals surface area contributed by atoms with Crippen LogP contribution < -0.4 is 0 Å². The van der Waals surface area contributed by atoms with Crippen LogP contribution >= 0.6 is 0 Å². The van der Waals surface area contributed by atoms with Gasteiger partial charge < -0.3 is 4.74 Å². The lowest BCUT2D eigenvalue weighted by Crippen LogP contribution is -2.35. The lowest BCUT2D eigenvalue weighted by Gasteiger charge is -2.41. The highest BCUT2D eigenvalue weighted by Gasteiger charge is 2.45. The van der Waals surface area contributed by atoms with Crippen molar-refractivity contribution in [3.8, 4) is 0 Å². The van der Waals surface area contributed by atoms with Gasteiger partial charge in [-0.25, -0.2) is 4.79 Å². The van der Waals surface area contributed by atoms with E-state index < -0.39 is 0 Å². The minimum atomic E-state index is -0.244. The van der Waals surface area contributed by atoms with Crippen molar-refractivity contribution in [2.24, 2.45) is 11.3 Å². The highest BCUT2D eigenvalue weighted by molar-refractivity contribution is 5.95. The highest BCUT2D eigenvalue weighted by atomic mass is 16.5. The van der Waals surface area contributed by atoms with Crippen LogP contribution in [-0.4, -0.2) is 11.8 Å². The molecule has 0 aromatic rings. The normalized spacial score (nSPS) is 34.7. The Hall–Kier alpha value is -1.64. The molecule has 2 atom stereocenters. The van der Waals surface area contributed by atoms with Crippen molar-refractivity contribution in [2.75, 3.05) is 0 Å². The third-order valence-corrected chi connectivity index (χ3v) is 4.42. The quantitative estimate of drug-likeness (QED) is 0.615. The van der Waals surface area contributed by atoms with Crippen LogP contribution in [0.2, 0.25) is 0 Å². The number of allylic oxidation sites excluding steroid dienone is 4. The molecule has 0 saturated heterocycles. The third kappa shape index (κ3) is 1.43. The molecule has 3 rings (SSSR count). The highest BCUT2D eigenvalue weighted by Crippen LogP contribution is 2.51. The summed E-state index contributed by atoms with van der Waals surface area (Å²) in [5, 5.41) is 0. The van der Waals surface area contributed by atoms with Gasteiger partial charge in [0.15, 0.2) is 5.78 Å². The van der Waals surface area contributed by atoms with Gasteiger partial charge in [-0.3, -0.25) is 4.79 Å². The molecule has 18 heavy (non-hydrogen) atoms. The van der Waals surface area contributed by atoms with Crippen LogP contribution in [0.4, 0.5) is 0 Å². The zero-order valence-corrected chi connectivity index (χ0v) is 10.9. The van der Waals surface area contributed by atoms with Crippen molar-refractivity contribution in [1.29, 1.82) is 0 Å². The van der Waals surface area contributed by atoms with E-state index in [2.05, 4.69) is 6.92 Å². The van der Waals surface area contributed by atoms with E-state index in [1.165, 1.54) is 0 Å². The number of hydrogen-bond donors (Lipinski definition) is 0. The lowest BCUT2D eigenvalue weighted by molar-refractivity contribution is -0.133. The number of ketones is 1. The van der Waals surface area contributed by atoms with Crippen molar-refractivity contribution in [3.63, 3.8) is 0 Å². The Labute approximate surface area is 106 Å². The van der Waals surface area contributed by atoms with Gasteiger partial charge in [0.2, 0.25) is 0 Å². The minimum absolute atomic E-state index is 0.163. The number of fused-ring (bicyclic) bond motifs is 2. The topological polar surface area (TPSA) is 43.4 Å². The molecule has 2 aliphatic carbocycles. The van der Waals surface area contributed by atoms with Crippen LogP contribution in [-0.2, 0) is 14.3 Å². The molecule has 3 heteroatoms. The Morgan fingerprint density at radius 1 is 1.33 bits per heavy atom. The Morgan fingerprint density at radius 3 is 2.78 bits per heavy atom. The van der Waals surface area contributed by atoms with E-state index in [4.69, 9.17) is 4.74 Å². The zero-order valence-electron chi connectivity index (χ0n) is 10.9. The Balaban J connectivity index is 2.13. The van der Waals surface area contributed by atoms with Crippen molar-refractivity contribution < 1.29 is 14.3 Å². The second kappa shape index (κ2) is 3.44. The van der Waals surface area contributed by atoms with Crippen LogP contribution in [0.15, 0.2) is 34.6 Å². The predicted molar refractivity (Wildman–Crippen MR) is 66.5 cm³/mol. The maximum atomic E-state index is 11.7. The first-order valence-corrected chi connectivity index (χ1v) is 6.27. The fraction of sp³-hybridized carbons (Fsp3) is 0.467. The Kier molecular flexibility index (Phi) is 2.19. The average Bonchev–Trinajstić information content (AvgIpc) is 2.50. The molecule has 0 aromatic carbocycles. The number of ether oxygens (including phenoxy) is 1. The van der Waals surface area contributed by atoms with Gasteiger partial charge in [0.1, 0.15) is 5.76 Å². The Bertz CT molecular complexity index is 562. The van der Waals surface area contributed by atoms with Crippen molar-refractivity contribution in [2.45, 2.75) is 33.6 Å². The number of hydrogen-bond acceptors (Lipinski definition) is 3. The van der Waals surface area contributed by atoms with E-state index in [1.54, 1.807) is 6.08 Å². The van der Waals surface area contributed by atoms with E-state index in [0.717, 1.165) is 17.6 Å². The predicted octanol–water partition coefficient (Wildman–Crippen LogP) is 2.69.